The van der Waals surface area contributed by atoms with Crippen LogP contribution >= 0.6 is 0 Å². The van der Waals surface area contributed by atoms with Crippen molar-refractivity contribution < 1.29 is 19.4 Å². The zero-order chi connectivity index (χ0) is 16.0. The molecule has 0 radical (unpaired) electrons. The Bertz CT molecular complexity index is 405. The molecule has 0 aromatic carbocycles. The van der Waals surface area contributed by atoms with E-state index in [4.69, 9.17) is 4.74 Å². The van der Waals surface area contributed by atoms with Crippen LogP contribution in [0.25, 0.3) is 0 Å². The van der Waals surface area contributed by atoms with Crippen LogP contribution in [0.2, 0.25) is 0 Å². The first-order chi connectivity index (χ1) is 9.90. The maximum atomic E-state index is 12.7. The first-order valence-corrected chi connectivity index (χ1v) is 8.02. The van der Waals surface area contributed by atoms with Crippen molar-refractivity contribution in [3.8, 4) is 0 Å². The van der Waals surface area contributed by atoms with Crippen molar-refractivity contribution in [3.63, 3.8) is 0 Å². The van der Waals surface area contributed by atoms with Crippen LogP contribution in [0.4, 0.5) is 0 Å². The van der Waals surface area contributed by atoms with Crippen LogP contribution in [0.5, 0.6) is 0 Å². The minimum atomic E-state index is -0.997. The lowest BCUT2D eigenvalue weighted by atomic mass is 9.66. The molecule has 0 aromatic rings. The van der Waals surface area contributed by atoms with Crippen molar-refractivity contribution in [2.45, 2.75) is 59.8 Å². The number of rotatable bonds is 7. The number of carboxylic acid groups (broad SMARTS) is 1. The number of hydrogen-bond acceptors (Lipinski definition) is 3. The third-order valence-electron chi connectivity index (χ3n) is 4.46. The zero-order valence-corrected chi connectivity index (χ0v) is 13.6. The predicted octanol–water partition coefficient (Wildman–Crippen LogP) is 3.80. The Morgan fingerprint density at radius 3 is 2.24 bits per heavy atom. The maximum absolute atomic E-state index is 12.7. The SMILES string of the molecule is CCOC(=O)C(CC)(C(=CC(C)C)C(=O)O)C1CCCC1. The fourth-order valence-corrected chi connectivity index (χ4v) is 3.54. The van der Waals surface area contributed by atoms with Crippen molar-refractivity contribution >= 4 is 11.9 Å². The number of ether oxygens (including phenoxy) is 1. The monoisotopic (exact) mass is 296 g/mol. The van der Waals surface area contributed by atoms with E-state index in [0.717, 1.165) is 25.7 Å². The van der Waals surface area contributed by atoms with Crippen molar-refractivity contribution in [3.05, 3.63) is 11.6 Å². The van der Waals surface area contributed by atoms with Gasteiger partial charge in [0.05, 0.1) is 12.2 Å². The molecule has 0 bridgehead atoms. The van der Waals surface area contributed by atoms with E-state index >= 15 is 0 Å². The molecular formula is C17H28O4. The van der Waals surface area contributed by atoms with Gasteiger partial charge in [-0.05, 0) is 38.0 Å². The molecule has 0 saturated heterocycles. The van der Waals surface area contributed by atoms with Gasteiger partial charge in [0, 0.05) is 0 Å². The summed E-state index contributed by atoms with van der Waals surface area (Å²) >= 11 is 0. The quantitative estimate of drug-likeness (QED) is 0.573. The normalized spacial score (nSPS) is 19.6. The summed E-state index contributed by atoms with van der Waals surface area (Å²) in [5.41, 5.74) is -0.770. The molecular weight excluding hydrogens is 268 g/mol. The van der Waals surface area contributed by atoms with E-state index < -0.39 is 11.4 Å². The lowest BCUT2D eigenvalue weighted by molar-refractivity contribution is -0.159. The number of allylic oxidation sites excluding steroid dienone is 1. The summed E-state index contributed by atoms with van der Waals surface area (Å²) in [5.74, 6) is -1.21. The highest BCUT2D eigenvalue weighted by atomic mass is 16.5. The molecule has 0 amide bonds. The first-order valence-electron chi connectivity index (χ1n) is 8.02. The average Bonchev–Trinajstić information content (AvgIpc) is 2.93. The summed E-state index contributed by atoms with van der Waals surface area (Å²) in [6.45, 7) is 7.81. The largest absolute Gasteiger partial charge is 0.478 e. The molecule has 0 heterocycles. The Balaban J connectivity index is 3.38. The molecule has 1 rings (SSSR count). The third kappa shape index (κ3) is 3.66. The molecule has 1 fully saturated rings. The van der Waals surface area contributed by atoms with Gasteiger partial charge in [0.25, 0.3) is 0 Å². The second kappa shape index (κ2) is 7.62. The van der Waals surface area contributed by atoms with Gasteiger partial charge in [-0.25, -0.2) is 4.79 Å². The number of carbonyl (C=O) groups is 2. The van der Waals surface area contributed by atoms with Crippen molar-refractivity contribution in [1.29, 1.82) is 0 Å². The molecule has 1 atom stereocenters. The van der Waals surface area contributed by atoms with Gasteiger partial charge in [-0.2, -0.15) is 0 Å². The summed E-state index contributed by atoms with van der Waals surface area (Å²) in [6.07, 6.45) is 6.11. The molecule has 1 aliphatic carbocycles. The van der Waals surface area contributed by atoms with Gasteiger partial charge in [-0.15, -0.1) is 0 Å². The summed E-state index contributed by atoms with van der Waals surface area (Å²) in [6, 6.07) is 0. The lowest BCUT2D eigenvalue weighted by Crippen LogP contribution is -2.43. The minimum absolute atomic E-state index is 0.0719. The molecule has 1 saturated carbocycles. The smallest absolute Gasteiger partial charge is 0.332 e. The van der Waals surface area contributed by atoms with Gasteiger partial charge < -0.3 is 9.84 Å². The highest BCUT2D eigenvalue weighted by molar-refractivity contribution is 5.97. The summed E-state index contributed by atoms with van der Waals surface area (Å²) in [5, 5.41) is 9.69. The molecule has 1 aliphatic rings. The highest BCUT2D eigenvalue weighted by Crippen LogP contribution is 2.48. The number of hydrogen-bond donors (Lipinski definition) is 1. The van der Waals surface area contributed by atoms with E-state index in [0.29, 0.717) is 6.42 Å². The summed E-state index contributed by atoms with van der Waals surface area (Å²) in [4.78, 5) is 24.5. The van der Waals surface area contributed by atoms with Gasteiger partial charge in [0.15, 0.2) is 0 Å². The first kappa shape index (κ1) is 17.7. The van der Waals surface area contributed by atoms with E-state index in [1.165, 1.54) is 0 Å². The number of carboxylic acids is 1. The van der Waals surface area contributed by atoms with Gasteiger partial charge >= 0.3 is 11.9 Å². The fraction of sp³-hybridized carbons (Fsp3) is 0.765. The highest BCUT2D eigenvalue weighted by Gasteiger charge is 2.51. The van der Waals surface area contributed by atoms with Gasteiger partial charge in [-0.1, -0.05) is 39.7 Å². The van der Waals surface area contributed by atoms with Crippen LogP contribution in [0.1, 0.15) is 59.8 Å². The summed E-state index contributed by atoms with van der Waals surface area (Å²) in [7, 11) is 0. The van der Waals surface area contributed by atoms with E-state index in [1.807, 2.05) is 20.8 Å². The number of esters is 1. The van der Waals surface area contributed by atoms with Crippen LogP contribution in [0.15, 0.2) is 11.6 Å². The van der Waals surface area contributed by atoms with Gasteiger partial charge in [0.2, 0.25) is 0 Å². The molecule has 1 unspecified atom stereocenters. The van der Waals surface area contributed by atoms with Crippen LogP contribution in [-0.4, -0.2) is 23.7 Å². The Morgan fingerprint density at radius 2 is 1.86 bits per heavy atom. The van der Waals surface area contributed by atoms with Crippen LogP contribution in [-0.2, 0) is 14.3 Å². The van der Waals surface area contributed by atoms with Crippen molar-refractivity contribution in [2.75, 3.05) is 6.61 Å². The number of carbonyl (C=O) groups excluding carboxylic acids is 1. The Labute approximate surface area is 127 Å². The lowest BCUT2D eigenvalue weighted by Gasteiger charge is -2.37. The Kier molecular flexibility index (Phi) is 6.43. The predicted molar refractivity (Wildman–Crippen MR) is 81.9 cm³/mol. The van der Waals surface area contributed by atoms with Gasteiger partial charge in [-0.3, -0.25) is 4.79 Å². The molecule has 1 N–H and O–H groups in total. The van der Waals surface area contributed by atoms with Crippen molar-refractivity contribution in [2.24, 2.45) is 17.3 Å². The standard InChI is InChI=1S/C17H28O4/c1-5-17(16(20)21-6-2,13-9-7-8-10-13)14(15(18)19)11-12(3)4/h11-13H,5-10H2,1-4H3,(H,18,19). The molecule has 4 heteroatoms. The molecule has 21 heavy (non-hydrogen) atoms. The average molecular weight is 296 g/mol. The van der Waals surface area contributed by atoms with Crippen LogP contribution < -0.4 is 0 Å². The number of aliphatic carboxylic acids is 1. The van der Waals surface area contributed by atoms with Crippen molar-refractivity contribution in [1.82, 2.24) is 0 Å². The van der Waals surface area contributed by atoms with E-state index in [2.05, 4.69) is 0 Å². The maximum Gasteiger partial charge on any atom is 0.332 e. The topological polar surface area (TPSA) is 63.6 Å². The van der Waals surface area contributed by atoms with E-state index in [1.54, 1.807) is 13.0 Å². The zero-order valence-electron chi connectivity index (χ0n) is 13.6. The molecule has 120 valence electrons. The van der Waals surface area contributed by atoms with Gasteiger partial charge in [0.1, 0.15) is 5.41 Å². The third-order valence-corrected chi connectivity index (χ3v) is 4.46. The van der Waals surface area contributed by atoms with Crippen LogP contribution in [0.3, 0.4) is 0 Å². The molecule has 0 spiro atoms. The van der Waals surface area contributed by atoms with Crippen LogP contribution in [0, 0.1) is 17.3 Å². The molecule has 0 aliphatic heterocycles. The second-order valence-electron chi connectivity index (χ2n) is 6.16. The Morgan fingerprint density at radius 1 is 1.29 bits per heavy atom. The van der Waals surface area contributed by atoms with E-state index in [-0.39, 0.29) is 30.0 Å². The molecule has 0 aromatic heterocycles. The fourth-order valence-electron chi connectivity index (χ4n) is 3.54. The Hall–Kier alpha value is -1.32. The summed E-state index contributed by atoms with van der Waals surface area (Å²) < 4.78 is 5.28. The minimum Gasteiger partial charge on any atom is -0.478 e. The second-order valence-corrected chi connectivity index (χ2v) is 6.16. The molecule has 4 nitrogen and oxygen atoms in total. The van der Waals surface area contributed by atoms with E-state index in [9.17, 15) is 14.7 Å².